The summed E-state index contributed by atoms with van der Waals surface area (Å²) in [5.41, 5.74) is -0.927. The fourth-order valence-corrected chi connectivity index (χ4v) is 2.40. The number of piperidine rings is 1. The molecule has 1 N–H and O–H groups in total. The largest absolute Gasteiger partial charge is 0.444 e. The number of nitrogens with zero attached hydrogens (tertiary/aromatic N) is 1. The SMILES string of the molecule is CC(C)(C)OC(=O)N1CCOC12CCCNC2. The first kappa shape index (κ1) is 12.6. The zero-order valence-corrected chi connectivity index (χ0v) is 10.9. The summed E-state index contributed by atoms with van der Waals surface area (Å²) >= 11 is 0. The minimum atomic E-state index is -0.472. The van der Waals surface area contributed by atoms with Gasteiger partial charge in [0, 0.05) is 6.54 Å². The molecular weight excluding hydrogens is 220 g/mol. The number of hydrogen-bond donors (Lipinski definition) is 1. The third-order valence-electron chi connectivity index (χ3n) is 3.11. The highest BCUT2D eigenvalue weighted by molar-refractivity contribution is 5.69. The monoisotopic (exact) mass is 242 g/mol. The molecule has 0 aliphatic carbocycles. The maximum atomic E-state index is 12.1. The van der Waals surface area contributed by atoms with Crippen LogP contribution in [0.4, 0.5) is 4.79 Å². The first-order valence-electron chi connectivity index (χ1n) is 6.28. The summed E-state index contributed by atoms with van der Waals surface area (Å²) in [5, 5.41) is 3.29. The van der Waals surface area contributed by atoms with Crippen LogP contribution in [0.5, 0.6) is 0 Å². The van der Waals surface area contributed by atoms with Gasteiger partial charge in [-0.05, 0) is 40.2 Å². The molecule has 0 radical (unpaired) electrons. The van der Waals surface area contributed by atoms with Crippen LogP contribution >= 0.6 is 0 Å². The lowest BCUT2D eigenvalue weighted by molar-refractivity contribution is -0.0962. The second-order valence-electron chi connectivity index (χ2n) is 5.71. The van der Waals surface area contributed by atoms with Crippen LogP contribution in [0.1, 0.15) is 33.6 Å². The second kappa shape index (κ2) is 4.46. The average molecular weight is 242 g/mol. The Labute approximate surface area is 102 Å². The van der Waals surface area contributed by atoms with E-state index in [2.05, 4.69) is 5.32 Å². The van der Waals surface area contributed by atoms with Crippen LogP contribution in [0.25, 0.3) is 0 Å². The minimum Gasteiger partial charge on any atom is -0.444 e. The van der Waals surface area contributed by atoms with Crippen LogP contribution in [0.15, 0.2) is 0 Å². The Morgan fingerprint density at radius 2 is 2.24 bits per heavy atom. The highest BCUT2D eigenvalue weighted by Gasteiger charge is 2.47. The van der Waals surface area contributed by atoms with Crippen LogP contribution in [0.2, 0.25) is 0 Å². The molecular formula is C12H22N2O3. The van der Waals surface area contributed by atoms with Crippen molar-refractivity contribution < 1.29 is 14.3 Å². The van der Waals surface area contributed by atoms with Gasteiger partial charge in [-0.3, -0.25) is 4.90 Å². The lowest BCUT2D eigenvalue weighted by Crippen LogP contribution is -2.57. The van der Waals surface area contributed by atoms with Crippen LogP contribution in [0, 0.1) is 0 Å². The van der Waals surface area contributed by atoms with E-state index in [1.165, 1.54) is 0 Å². The molecule has 2 rings (SSSR count). The van der Waals surface area contributed by atoms with E-state index in [0.29, 0.717) is 19.7 Å². The average Bonchev–Trinajstić information content (AvgIpc) is 2.60. The molecule has 98 valence electrons. The van der Waals surface area contributed by atoms with Crippen molar-refractivity contribution in [3.05, 3.63) is 0 Å². The maximum Gasteiger partial charge on any atom is 0.412 e. The Hall–Kier alpha value is -0.810. The van der Waals surface area contributed by atoms with Crippen molar-refractivity contribution in [3.8, 4) is 0 Å². The van der Waals surface area contributed by atoms with E-state index in [1.807, 2.05) is 20.8 Å². The van der Waals surface area contributed by atoms with Crippen molar-refractivity contribution in [1.29, 1.82) is 0 Å². The van der Waals surface area contributed by atoms with Gasteiger partial charge in [-0.15, -0.1) is 0 Å². The lowest BCUT2D eigenvalue weighted by Gasteiger charge is -2.40. The number of amides is 1. The quantitative estimate of drug-likeness (QED) is 0.696. The summed E-state index contributed by atoms with van der Waals surface area (Å²) in [6.45, 7) is 8.56. The van der Waals surface area contributed by atoms with Gasteiger partial charge in [-0.2, -0.15) is 0 Å². The molecule has 2 heterocycles. The zero-order valence-electron chi connectivity index (χ0n) is 10.9. The van der Waals surface area contributed by atoms with Gasteiger partial charge in [0.15, 0.2) is 5.72 Å². The van der Waals surface area contributed by atoms with Crippen LogP contribution in [-0.2, 0) is 9.47 Å². The molecule has 5 heteroatoms. The molecule has 2 aliphatic heterocycles. The highest BCUT2D eigenvalue weighted by atomic mass is 16.6. The van der Waals surface area contributed by atoms with Crippen LogP contribution in [-0.4, -0.2) is 48.6 Å². The lowest BCUT2D eigenvalue weighted by atomic mass is 10.0. The molecule has 1 atom stereocenters. The molecule has 0 aromatic carbocycles. The van der Waals surface area contributed by atoms with E-state index in [1.54, 1.807) is 4.90 Å². The minimum absolute atomic E-state index is 0.265. The Morgan fingerprint density at radius 3 is 2.82 bits per heavy atom. The van der Waals surface area contributed by atoms with Gasteiger partial charge in [0.25, 0.3) is 0 Å². The van der Waals surface area contributed by atoms with E-state index < -0.39 is 11.3 Å². The topological polar surface area (TPSA) is 50.8 Å². The van der Waals surface area contributed by atoms with Gasteiger partial charge in [0.1, 0.15) is 5.60 Å². The first-order chi connectivity index (χ1) is 7.93. The number of ether oxygens (including phenoxy) is 2. The number of carbonyl (C=O) groups excluding carboxylic acids is 1. The predicted molar refractivity (Wildman–Crippen MR) is 63.7 cm³/mol. The molecule has 0 bridgehead atoms. The van der Waals surface area contributed by atoms with Gasteiger partial charge >= 0.3 is 6.09 Å². The Kier molecular flexibility index (Phi) is 3.32. The zero-order chi connectivity index (χ0) is 12.5. The summed E-state index contributed by atoms with van der Waals surface area (Å²) in [6.07, 6.45) is 1.65. The molecule has 2 saturated heterocycles. The van der Waals surface area contributed by atoms with E-state index in [4.69, 9.17) is 9.47 Å². The number of hydrogen-bond acceptors (Lipinski definition) is 4. The van der Waals surface area contributed by atoms with Crippen LogP contribution in [0.3, 0.4) is 0 Å². The molecule has 17 heavy (non-hydrogen) atoms. The normalized spacial score (nSPS) is 29.7. The summed E-state index contributed by atoms with van der Waals surface area (Å²) < 4.78 is 11.2. The fourth-order valence-electron chi connectivity index (χ4n) is 2.40. The van der Waals surface area contributed by atoms with Crippen molar-refractivity contribution in [2.24, 2.45) is 0 Å². The van der Waals surface area contributed by atoms with E-state index in [9.17, 15) is 4.79 Å². The Bertz CT molecular complexity index is 293. The first-order valence-corrected chi connectivity index (χ1v) is 6.28. The molecule has 0 saturated carbocycles. The third kappa shape index (κ3) is 2.72. The van der Waals surface area contributed by atoms with Crippen molar-refractivity contribution in [2.45, 2.75) is 44.9 Å². The molecule has 1 amide bonds. The predicted octanol–water partition coefficient (Wildman–Crippen LogP) is 1.33. The number of rotatable bonds is 0. The molecule has 2 fully saturated rings. The van der Waals surface area contributed by atoms with Crippen molar-refractivity contribution in [3.63, 3.8) is 0 Å². The van der Waals surface area contributed by atoms with Crippen molar-refractivity contribution in [1.82, 2.24) is 10.2 Å². The van der Waals surface area contributed by atoms with Crippen molar-refractivity contribution >= 4 is 6.09 Å². The molecule has 1 spiro atoms. The fraction of sp³-hybridized carbons (Fsp3) is 0.917. The molecule has 0 aromatic heterocycles. The summed E-state index contributed by atoms with van der Waals surface area (Å²) in [7, 11) is 0. The molecule has 0 aromatic rings. The van der Waals surface area contributed by atoms with Gasteiger partial charge in [0.05, 0.1) is 13.2 Å². The van der Waals surface area contributed by atoms with Gasteiger partial charge in [0.2, 0.25) is 0 Å². The number of nitrogens with one attached hydrogen (secondary N) is 1. The third-order valence-corrected chi connectivity index (χ3v) is 3.11. The molecule has 5 nitrogen and oxygen atoms in total. The molecule has 2 aliphatic rings. The highest BCUT2D eigenvalue weighted by Crippen LogP contribution is 2.31. The Balaban J connectivity index is 2.06. The van der Waals surface area contributed by atoms with Crippen molar-refractivity contribution in [2.75, 3.05) is 26.2 Å². The summed E-state index contributed by atoms with van der Waals surface area (Å²) in [4.78, 5) is 13.9. The van der Waals surface area contributed by atoms with Gasteiger partial charge in [-0.25, -0.2) is 4.79 Å². The second-order valence-corrected chi connectivity index (χ2v) is 5.71. The van der Waals surface area contributed by atoms with Gasteiger partial charge in [-0.1, -0.05) is 0 Å². The van der Waals surface area contributed by atoms with Crippen LogP contribution < -0.4 is 5.32 Å². The van der Waals surface area contributed by atoms with E-state index in [-0.39, 0.29) is 6.09 Å². The van der Waals surface area contributed by atoms with E-state index in [0.717, 1.165) is 19.4 Å². The summed E-state index contributed by atoms with van der Waals surface area (Å²) in [6, 6.07) is 0. The number of carbonyl (C=O) groups is 1. The molecule has 1 unspecified atom stereocenters. The smallest absolute Gasteiger partial charge is 0.412 e. The Morgan fingerprint density at radius 1 is 1.47 bits per heavy atom. The van der Waals surface area contributed by atoms with E-state index >= 15 is 0 Å². The van der Waals surface area contributed by atoms with Gasteiger partial charge < -0.3 is 14.8 Å². The standard InChI is InChI=1S/C12H22N2O3/c1-11(2,3)17-10(15)14-7-8-16-12(14)5-4-6-13-9-12/h13H,4-9H2,1-3H3. The summed E-state index contributed by atoms with van der Waals surface area (Å²) in [5.74, 6) is 0. The maximum absolute atomic E-state index is 12.1.